The number of hydrogen-bond donors (Lipinski definition) is 3. The van der Waals surface area contributed by atoms with Gasteiger partial charge in [-0.05, 0) is 12.8 Å². The van der Waals surface area contributed by atoms with Crippen molar-refractivity contribution in [3.05, 3.63) is 29.9 Å². The van der Waals surface area contributed by atoms with E-state index in [0.29, 0.717) is 24.7 Å². The summed E-state index contributed by atoms with van der Waals surface area (Å²) in [5, 5.41) is 20.5. The molecule has 2 aromatic heterocycles. The molecule has 0 aliphatic heterocycles. The van der Waals surface area contributed by atoms with Crippen molar-refractivity contribution >= 4 is 5.91 Å². The zero-order valence-electron chi connectivity index (χ0n) is 12.9. The minimum absolute atomic E-state index is 0.112. The van der Waals surface area contributed by atoms with Crippen molar-refractivity contribution in [2.75, 3.05) is 13.7 Å². The fourth-order valence-corrected chi connectivity index (χ4v) is 2.78. The molecule has 1 saturated carbocycles. The summed E-state index contributed by atoms with van der Waals surface area (Å²) in [6.45, 7) is 0.991. The molecule has 1 amide bonds. The van der Waals surface area contributed by atoms with Gasteiger partial charge >= 0.3 is 0 Å². The lowest BCUT2D eigenvalue weighted by atomic mass is 9.79. The number of ether oxygens (including phenoxy) is 1. The average Bonchev–Trinajstić information content (AvgIpc) is 3.17. The summed E-state index contributed by atoms with van der Waals surface area (Å²) in [5.74, 6) is 1.47. The number of H-pyrrole nitrogens is 1. The predicted octanol–water partition coefficient (Wildman–Crippen LogP) is -0.184. The Labute approximate surface area is 133 Å². The highest BCUT2D eigenvalue weighted by Crippen LogP contribution is 2.36. The van der Waals surface area contributed by atoms with Gasteiger partial charge in [0.2, 0.25) is 0 Å². The quantitative estimate of drug-likeness (QED) is 0.651. The van der Waals surface area contributed by atoms with Crippen LogP contribution in [0.5, 0.6) is 0 Å². The largest absolute Gasteiger partial charge is 0.388 e. The van der Waals surface area contributed by atoms with Crippen LogP contribution in [0.1, 0.15) is 40.9 Å². The molecule has 2 aromatic rings. The van der Waals surface area contributed by atoms with Gasteiger partial charge in [-0.1, -0.05) is 0 Å². The van der Waals surface area contributed by atoms with E-state index in [0.717, 1.165) is 18.7 Å². The highest BCUT2D eigenvalue weighted by atomic mass is 16.5. The smallest absolute Gasteiger partial charge is 0.269 e. The monoisotopic (exact) mass is 320 g/mol. The first-order valence-corrected chi connectivity index (χ1v) is 7.54. The summed E-state index contributed by atoms with van der Waals surface area (Å²) in [6, 6.07) is 0.112. The number of carbonyl (C=O) groups excluding carboxylic acids is 1. The van der Waals surface area contributed by atoms with Crippen molar-refractivity contribution in [2.45, 2.75) is 38.0 Å². The standard InChI is InChI=1S/C14H20N6O3/c1-23-3-2-20-12(7-21)18-19-13(20)9-4-10(5-9)17-14(22)11-6-15-8-16-11/h6,8-10,21H,2-5,7H2,1H3,(H,15,16)(H,17,22). The Kier molecular flexibility index (Phi) is 4.68. The molecule has 0 unspecified atom stereocenters. The molecule has 0 aromatic carbocycles. The number of aliphatic hydroxyl groups is 1. The summed E-state index contributed by atoms with van der Waals surface area (Å²) < 4.78 is 7.00. The number of hydrogen-bond acceptors (Lipinski definition) is 6. The molecule has 23 heavy (non-hydrogen) atoms. The van der Waals surface area contributed by atoms with Crippen LogP contribution in [0.2, 0.25) is 0 Å². The minimum Gasteiger partial charge on any atom is -0.388 e. The van der Waals surface area contributed by atoms with Gasteiger partial charge in [0.1, 0.15) is 18.1 Å². The van der Waals surface area contributed by atoms with E-state index in [1.165, 1.54) is 12.5 Å². The van der Waals surface area contributed by atoms with Crippen molar-refractivity contribution in [2.24, 2.45) is 0 Å². The van der Waals surface area contributed by atoms with Crippen molar-refractivity contribution in [1.29, 1.82) is 0 Å². The fraction of sp³-hybridized carbons (Fsp3) is 0.571. The summed E-state index contributed by atoms with van der Waals surface area (Å²) >= 11 is 0. The Bertz CT molecular complexity index is 648. The molecule has 1 aliphatic carbocycles. The number of aliphatic hydroxyl groups excluding tert-OH is 1. The molecule has 0 atom stereocenters. The topological polar surface area (TPSA) is 118 Å². The summed E-state index contributed by atoms with van der Waals surface area (Å²) in [6.07, 6.45) is 4.58. The SMILES string of the molecule is COCCn1c(CO)nnc1C1CC(NC(=O)c2cnc[nH]2)C1. The third-order valence-electron chi connectivity index (χ3n) is 4.10. The molecule has 1 fully saturated rings. The van der Waals surface area contributed by atoms with Gasteiger partial charge in [-0.3, -0.25) is 4.79 Å². The number of imidazole rings is 1. The Morgan fingerprint density at radius 2 is 2.35 bits per heavy atom. The Morgan fingerprint density at radius 3 is 3.00 bits per heavy atom. The van der Waals surface area contributed by atoms with Gasteiger partial charge in [0.25, 0.3) is 5.91 Å². The molecular weight excluding hydrogens is 300 g/mol. The first-order valence-electron chi connectivity index (χ1n) is 7.54. The van der Waals surface area contributed by atoms with Crippen LogP contribution in [0.25, 0.3) is 0 Å². The van der Waals surface area contributed by atoms with E-state index < -0.39 is 0 Å². The first kappa shape index (κ1) is 15.6. The van der Waals surface area contributed by atoms with Gasteiger partial charge in [0.05, 0.1) is 19.1 Å². The van der Waals surface area contributed by atoms with Crippen LogP contribution in [0, 0.1) is 0 Å². The number of nitrogens with one attached hydrogen (secondary N) is 2. The van der Waals surface area contributed by atoms with Crippen LogP contribution in [0.3, 0.4) is 0 Å². The van der Waals surface area contributed by atoms with E-state index in [2.05, 4.69) is 25.5 Å². The number of amides is 1. The number of aromatic nitrogens is 5. The molecule has 0 radical (unpaired) electrons. The molecule has 1 aliphatic rings. The first-order chi connectivity index (χ1) is 11.2. The number of methoxy groups -OCH3 is 1. The molecule has 9 heteroatoms. The van der Waals surface area contributed by atoms with Gasteiger partial charge < -0.3 is 24.7 Å². The number of rotatable bonds is 7. The van der Waals surface area contributed by atoms with Gasteiger partial charge in [-0.25, -0.2) is 4.98 Å². The highest BCUT2D eigenvalue weighted by Gasteiger charge is 2.35. The summed E-state index contributed by atoms with van der Waals surface area (Å²) in [5.41, 5.74) is 0.458. The fourth-order valence-electron chi connectivity index (χ4n) is 2.78. The molecule has 9 nitrogen and oxygen atoms in total. The number of aromatic amines is 1. The maximum absolute atomic E-state index is 11.9. The molecular formula is C14H20N6O3. The Morgan fingerprint density at radius 1 is 1.52 bits per heavy atom. The zero-order valence-corrected chi connectivity index (χ0v) is 12.9. The molecule has 0 bridgehead atoms. The van der Waals surface area contributed by atoms with Crippen LogP contribution < -0.4 is 5.32 Å². The average molecular weight is 320 g/mol. The van der Waals surface area contributed by atoms with E-state index in [1.54, 1.807) is 7.11 Å². The van der Waals surface area contributed by atoms with Crippen LogP contribution in [-0.4, -0.2) is 55.5 Å². The number of carbonyl (C=O) groups is 1. The second-order valence-corrected chi connectivity index (χ2v) is 5.58. The van der Waals surface area contributed by atoms with Gasteiger partial charge in [-0.2, -0.15) is 0 Å². The van der Waals surface area contributed by atoms with Crippen LogP contribution in [0.15, 0.2) is 12.5 Å². The third kappa shape index (κ3) is 3.25. The Balaban J connectivity index is 1.58. The zero-order chi connectivity index (χ0) is 16.2. The van der Waals surface area contributed by atoms with Crippen molar-refractivity contribution in [3.63, 3.8) is 0 Å². The second-order valence-electron chi connectivity index (χ2n) is 5.58. The van der Waals surface area contributed by atoms with Crippen molar-refractivity contribution in [1.82, 2.24) is 30.0 Å². The minimum atomic E-state index is -0.150. The second kappa shape index (κ2) is 6.88. The molecule has 3 N–H and O–H groups in total. The normalized spacial score (nSPS) is 20.3. The predicted molar refractivity (Wildman–Crippen MR) is 79.6 cm³/mol. The third-order valence-corrected chi connectivity index (χ3v) is 4.10. The van der Waals surface area contributed by atoms with Crippen LogP contribution >= 0.6 is 0 Å². The van der Waals surface area contributed by atoms with Crippen LogP contribution in [0.4, 0.5) is 0 Å². The molecule has 0 saturated heterocycles. The maximum atomic E-state index is 11.9. The van der Waals surface area contributed by atoms with E-state index in [1.807, 2.05) is 4.57 Å². The molecule has 3 rings (SSSR count). The van der Waals surface area contributed by atoms with E-state index in [-0.39, 0.29) is 24.5 Å². The lowest BCUT2D eigenvalue weighted by molar-refractivity contribution is 0.0901. The Hall–Kier alpha value is -2.26. The van der Waals surface area contributed by atoms with E-state index in [9.17, 15) is 9.90 Å². The van der Waals surface area contributed by atoms with Crippen molar-refractivity contribution < 1.29 is 14.6 Å². The summed E-state index contributed by atoms with van der Waals surface area (Å²) in [4.78, 5) is 18.6. The maximum Gasteiger partial charge on any atom is 0.269 e. The van der Waals surface area contributed by atoms with E-state index >= 15 is 0 Å². The molecule has 124 valence electrons. The van der Waals surface area contributed by atoms with Crippen molar-refractivity contribution in [3.8, 4) is 0 Å². The van der Waals surface area contributed by atoms with Gasteiger partial charge in [0.15, 0.2) is 5.82 Å². The lowest BCUT2D eigenvalue weighted by Crippen LogP contribution is -2.44. The van der Waals surface area contributed by atoms with Gasteiger partial charge in [-0.15, -0.1) is 10.2 Å². The summed E-state index contributed by atoms with van der Waals surface area (Å²) in [7, 11) is 1.63. The molecule has 2 heterocycles. The number of nitrogens with zero attached hydrogens (tertiary/aromatic N) is 4. The molecule has 0 spiro atoms. The van der Waals surface area contributed by atoms with Crippen LogP contribution in [-0.2, 0) is 17.9 Å². The van der Waals surface area contributed by atoms with Gasteiger partial charge in [0, 0.05) is 25.6 Å². The van der Waals surface area contributed by atoms with E-state index in [4.69, 9.17) is 4.74 Å². The highest BCUT2D eigenvalue weighted by molar-refractivity contribution is 5.92. The lowest BCUT2D eigenvalue weighted by Gasteiger charge is -2.35.